The van der Waals surface area contributed by atoms with Gasteiger partial charge in [-0.05, 0) is 11.1 Å². The Labute approximate surface area is 129 Å². The average Bonchev–Trinajstić information content (AvgIpc) is 2.52. The first-order valence-electron chi connectivity index (χ1n) is 6.84. The third kappa shape index (κ3) is 3.36. The van der Waals surface area contributed by atoms with Gasteiger partial charge in [-0.15, -0.1) is 0 Å². The first kappa shape index (κ1) is 15.4. The van der Waals surface area contributed by atoms with Gasteiger partial charge in [0, 0.05) is 19.4 Å². The van der Waals surface area contributed by atoms with Crippen LogP contribution in [0.2, 0.25) is 0 Å². The van der Waals surface area contributed by atoms with E-state index in [2.05, 4.69) is 10.1 Å². The van der Waals surface area contributed by atoms with Crippen LogP contribution in [0.1, 0.15) is 24.5 Å². The van der Waals surface area contributed by atoms with Gasteiger partial charge in [-0.2, -0.15) is 15.6 Å². The number of carbonyl (C=O) groups excluding carboxylic acids is 1. The molecule has 0 radical (unpaired) electrons. The molecule has 110 valence electrons. The predicted octanol–water partition coefficient (Wildman–Crippen LogP) is 1.88. The predicted molar refractivity (Wildman–Crippen MR) is 81.9 cm³/mol. The fourth-order valence-electron chi connectivity index (χ4n) is 2.20. The molecular formula is C16H15N5O. The van der Waals surface area contributed by atoms with Gasteiger partial charge in [0.15, 0.2) is 0 Å². The van der Waals surface area contributed by atoms with Gasteiger partial charge >= 0.3 is 0 Å². The molecule has 0 saturated carbocycles. The van der Waals surface area contributed by atoms with E-state index in [0.29, 0.717) is 6.42 Å². The molecule has 1 unspecified atom stereocenters. The van der Waals surface area contributed by atoms with Gasteiger partial charge in [-0.1, -0.05) is 31.2 Å². The second-order valence-corrected chi connectivity index (χ2v) is 5.09. The maximum absolute atomic E-state index is 11.6. The molecular weight excluding hydrogens is 278 g/mol. The fourth-order valence-corrected chi connectivity index (χ4v) is 2.20. The standard InChI is InChI=1S/C16H15N5O/c1-11-7-15(22)21(2)20-16(11)13-5-3-12(4-6-13)10-19-14(8-17)9-18/h3-6,11H,7,10H2,1-2H3. The van der Waals surface area contributed by atoms with E-state index in [1.54, 1.807) is 19.2 Å². The Balaban J connectivity index is 2.18. The van der Waals surface area contributed by atoms with Gasteiger partial charge in [0.1, 0.15) is 12.1 Å². The quantitative estimate of drug-likeness (QED) is 0.796. The van der Waals surface area contributed by atoms with Gasteiger partial charge in [0.05, 0.1) is 12.3 Å². The summed E-state index contributed by atoms with van der Waals surface area (Å²) in [4.78, 5) is 15.5. The second kappa shape index (κ2) is 6.64. The van der Waals surface area contributed by atoms with Crippen LogP contribution in [-0.2, 0) is 11.3 Å². The van der Waals surface area contributed by atoms with Crippen molar-refractivity contribution in [3.05, 3.63) is 35.4 Å². The highest BCUT2D eigenvalue weighted by Gasteiger charge is 2.24. The van der Waals surface area contributed by atoms with Crippen molar-refractivity contribution >= 4 is 17.3 Å². The number of hydrogen-bond donors (Lipinski definition) is 0. The van der Waals surface area contributed by atoms with Crippen LogP contribution in [0.25, 0.3) is 0 Å². The number of carbonyl (C=O) groups is 1. The summed E-state index contributed by atoms with van der Waals surface area (Å²) in [6.07, 6.45) is 0.453. The highest BCUT2D eigenvalue weighted by Crippen LogP contribution is 2.20. The van der Waals surface area contributed by atoms with E-state index in [1.807, 2.05) is 31.2 Å². The minimum atomic E-state index is -0.130. The molecule has 0 saturated heterocycles. The normalized spacial score (nSPS) is 17.3. The van der Waals surface area contributed by atoms with Gasteiger partial charge in [-0.3, -0.25) is 9.79 Å². The third-order valence-electron chi connectivity index (χ3n) is 3.45. The molecule has 6 heteroatoms. The molecule has 0 aliphatic carbocycles. The molecule has 0 bridgehead atoms. The van der Waals surface area contributed by atoms with Crippen molar-refractivity contribution in [2.24, 2.45) is 16.0 Å². The zero-order valence-corrected chi connectivity index (χ0v) is 12.4. The highest BCUT2D eigenvalue weighted by atomic mass is 16.2. The third-order valence-corrected chi connectivity index (χ3v) is 3.45. The lowest BCUT2D eigenvalue weighted by Crippen LogP contribution is -2.33. The Hall–Kier alpha value is -2.99. The van der Waals surface area contributed by atoms with Crippen LogP contribution in [0.4, 0.5) is 0 Å². The number of nitriles is 2. The Morgan fingerprint density at radius 3 is 2.59 bits per heavy atom. The fraction of sp³-hybridized carbons (Fsp3) is 0.312. The van der Waals surface area contributed by atoms with Crippen molar-refractivity contribution in [3.8, 4) is 12.1 Å². The van der Waals surface area contributed by atoms with Gasteiger partial charge in [0.25, 0.3) is 0 Å². The van der Waals surface area contributed by atoms with Crippen molar-refractivity contribution in [2.45, 2.75) is 19.9 Å². The molecule has 1 aliphatic rings. The second-order valence-electron chi connectivity index (χ2n) is 5.09. The summed E-state index contributed by atoms with van der Waals surface area (Å²) in [5.41, 5.74) is 2.61. The zero-order chi connectivity index (χ0) is 16.1. The van der Waals surface area contributed by atoms with E-state index in [1.165, 1.54) is 5.01 Å². The zero-order valence-electron chi connectivity index (χ0n) is 12.4. The Bertz CT molecular complexity index is 702. The number of amides is 1. The Kier molecular flexibility index (Phi) is 4.65. The maximum atomic E-state index is 11.6. The molecule has 0 fully saturated rings. The lowest BCUT2D eigenvalue weighted by Gasteiger charge is -2.24. The van der Waals surface area contributed by atoms with Gasteiger partial charge in [0.2, 0.25) is 11.6 Å². The number of hydrazone groups is 1. The lowest BCUT2D eigenvalue weighted by molar-refractivity contribution is -0.131. The summed E-state index contributed by atoms with van der Waals surface area (Å²) in [7, 11) is 1.66. The number of hydrogen-bond acceptors (Lipinski definition) is 5. The largest absolute Gasteiger partial charge is 0.273 e. The summed E-state index contributed by atoms with van der Waals surface area (Å²) in [6.45, 7) is 2.27. The van der Waals surface area contributed by atoms with Crippen LogP contribution in [0.5, 0.6) is 0 Å². The van der Waals surface area contributed by atoms with Crippen LogP contribution in [0.3, 0.4) is 0 Å². The van der Waals surface area contributed by atoms with E-state index in [0.717, 1.165) is 16.8 Å². The molecule has 0 N–H and O–H groups in total. The van der Waals surface area contributed by atoms with Crippen LogP contribution in [-0.4, -0.2) is 29.4 Å². The highest BCUT2D eigenvalue weighted by molar-refractivity contribution is 6.10. The van der Waals surface area contributed by atoms with Crippen LogP contribution < -0.4 is 0 Å². The van der Waals surface area contributed by atoms with E-state index in [4.69, 9.17) is 10.5 Å². The molecule has 1 aromatic carbocycles. The van der Waals surface area contributed by atoms with Gasteiger partial charge < -0.3 is 0 Å². The van der Waals surface area contributed by atoms with Crippen LogP contribution >= 0.6 is 0 Å². The Morgan fingerprint density at radius 1 is 1.36 bits per heavy atom. The number of benzene rings is 1. The average molecular weight is 293 g/mol. The van der Waals surface area contributed by atoms with Crippen molar-refractivity contribution in [1.29, 1.82) is 10.5 Å². The van der Waals surface area contributed by atoms with Gasteiger partial charge in [-0.25, -0.2) is 5.01 Å². The summed E-state index contributed by atoms with van der Waals surface area (Å²) < 4.78 is 0. The summed E-state index contributed by atoms with van der Waals surface area (Å²) in [6, 6.07) is 11.1. The molecule has 1 atom stereocenters. The van der Waals surface area contributed by atoms with E-state index < -0.39 is 0 Å². The number of nitrogens with zero attached hydrogens (tertiary/aromatic N) is 5. The summed E-state index contributed by atoms with van der Waals surface area (Å²) >= 11 is 0. The maximum Gasteiger partial charge on any atom is 0.243 e. The first-order chi connectivity index (χ1) is 10.5. The topological polar surface area (TPSA) is 92.6 Å². The van der Waals surface area contributed by atoms with Crippen molar-refractivity contribution in [3.63, 3.8) is 0 Å². The van der Waals surface area contributed by atoms with Crippen molar-refractivity contribution < 1.29 is 4.79 Å². The van der Waals surface area contributed by atoms with E-state index in [-0.39, 0.29) is 24.1 Å². The van der Waals surface area contributed by atoms with Crippen molar-refractivity contribution in [1.82, 2.24) is 5.01 Å². The monoisotopic (exact) mass is 293 g/mol. The molecule has 1 aliphatic heterocycles. The molecule has 2 rings (SSSR count). The van der Waals surface area contributed by atoms with Crippen LogP contribution in [0, 0.1) is 28.6 Å². The minimum Gasteiger partial charge on any atom is -0.273 e. The summed E-state index contributed by atoms with van der Waals surface area (Å²) in [5, 5.41) is 23.0. The summed E-state index contributed by atoms with van der Waals surface area (Å²) in [5.74, 6) is 0.0964. The molecule has 6 nitrogen and oxygen atoms in total. The molecule has 0 spiro atoms. The van der Waals surface area contributed by atoms with Crippen molar-refractivity contribution in [2.75, 3.05) is 7.05 Å². The number of rotatable bonds is 3. The lowest BCUT2D eigenvalue weighted by atomic mass is 9.93. The molecule has 1 aromatic rings. The molecule has 22 heavy (non-hydrogen) atoms. The molecule has 0 aromatic heterocycles. The van der Waals surface area contributed by atoms with Crippen LogP contribution in [0.15, 0.2) is 34.4 Å². The molecule has 1 amide bonds. The number of aliphatic imine (C=N–C) groups is 1. The van der Waals surface area contributed by atoms with E-state index in [9.17, 15) is 4.79 Å². The minimum absolute atomic E-state index is 0.0164. The smallest absolute Gasteiger partial charge is 0.243 e. The Morgan fingerprint density at radius 2 is 2.00 bits per heavy atom. The van der Waals surface area contributed by atoms with E-state index >= 15 is 0 Å². The molecule has 1 heterocycles. The first-order valence-corrected chi connectivity index (χ1v) is 6.84. The SMILES string of the molecule is CC1CC(=O)N(C)N=C1c1ccc(CN=C(C#N)C#N)cc1.